The summed E-state index contributed by atoms with van der Waals surface area (Å²) in [7, 11) is -1.83. The molecule has 0 amide bonds. The molecule has 1 saturated heterocycles. The number of aliphatic hydroxyl groups excluding tert-OH is 2. The van der Waals surface area contributed by atoms with E-state index in [0.717, 1.165) is 5.56 Å². The molecular weight excluding hydrogens is 355 g/mol. The molecule has 1 heterocycles. The van der Waals surface area contributed by atoms with Crippen molar-refractivity contribution in [3.05, 3.63) is 35.4 Å². The molecule has 0 spiro atoms. The minimum absolute atomic E-state index is 0.228. The highest BCUT2D eigenvalue weighted by molar-refractivity contribution is 7.32. The van der Waals surface area contributed by atoms with Gasteiger partial charge in [-0.3, -0.25) is 0 Å². The van der Waals surface area contributed by atoms with Crippen molar-refractivity contribution in [3.8, 4) is 0 Å². The first kappa shape index (κ1) is 19.9. The highest BCUT2D eigenvalue weighted by Gasteiger charge is 2.52. The number of ether oxygens (including phenoxy) is 3. The molecule has 1 aliphatic heterocycles. The van der Waals surface area contributed by atoms with E-state index in [1.165, 1.54) is 7.11 Å². The molecule has 2 rings (SSSR count). The monoisotopic (exact) mass is 375 g/mol. The molecular formula is C15H20O9P+. The topological polar surface area (TPSA) is 132 Å². The van der Waals surface area contributed by atoms with Crippen molar-refractivity contribution in [2.45, 2.75) is 37.6 Å². The second-order valence-electron chi connectivity index (χ2n) is 5.50. The molecule has 10 heteroatoms. The zero-order valence-corrected chi connectivity index (χ0v) is 14.5. The van der Waals surface area contributed by atoms with Crippen LogP contribution in [-0.2, 0) is 23.3 Å². The predicted octanol–water partition coefficient (Wildman–Crippen LogP) is 0.280. The number of esters is 1. The van der Waals surface area contributed by atoms with Crippen molar-refractivity contribution < 1.29 is 43.2 Å². The van der Waals surface area contributed by atoms with Crippen LogP contribution in [0.15, 0.2) is 24.3 Å². The SMILES string of the molecule is CO[C@@H]1O[C@H](CO)[C@H](O)[C@H](OC(=O)c2ccc(C)cc2)[C@@H]1O[P+](=O)O. The zero-order chi connectivity index (χ0) is 18.6. The van der Waals surface area contributed by atoms with E-state index in [1.54, 1.807) is 24.3 Å². The number of rotatable bonds is 6. The van der Waals surface area contributed by atoms with Gasteiger partial charge in [-0.1, -0.05) is 17.7 Å². The quantitative estimate of drug-likeness (QED) is 0.474. The van der Waals surface area contributed by atoms with Crippen LogP contribution in [0, 0.1) is 6.92 Å². The average Bonchev–Trinajstić information content (AvgIpc) is 2.58. The van der Waals surface area contributed by atoms with E-state index in [9.17, 15) is 19.6 Å². The van der Waals surface area contributed by atoms with Gasteiger partial charge in [0.05, 0.1) is 12.2 Å². The fraction of sp³-hybridized carbons (Fsp3) is 0.533. The van der Waals surface area contributed by atoms with Crippen LogP contribution in [-0.4, -0.2) is 65.5 Å². The third kappa shape index (κ3) is 4.80. The maximum Gasteiger partial charge on any atom is 0.695 e. The Morgan fingerprint density at radius 2 is 1.92 bits per heavy atom. The van der Waals surface area contributed by atoms with Gasteiger partial charge in [0.15, 0.2) is 12.4 Å². The molecule has 9 nitrogen and oxygen atoms in total. The van der Waals surface area contributed by atoms with E-state index >= 15 is 0 Å². The van der Waals surface area contributed by atoms with Crippen LogP contribution >= 0.6 is 8.25 Å². The van der Waals surface area contributed by atoms with Crippen LogP contribution in [0.3, 0.4) is 0 Å². The molecule has 0 aliphatic carbocycles. The van der Waals surface area contributed by atoms with Gasteiger partial charge in [0.2, 0.25) is 6.10 Å². The van der Waals surface area contributed by atoms with Gasteiger partial charge in [0, 0.05) is 11.7 Å². The number of aryl methyl sites for hydroxylation is 1. The van der Waals surface area contributed by atoms with Gasteiger partial charge in [-0.25, -0.2) is 4.79 Å². The Labute approximate surface area is 145 Å². The summed E-state index contributed by atoms with van der Waals surface area (Å²) >= 11 is 0. The molecule has 6 atom stereocenters. The van der Waals surface area contributed by atoms with E-state index in [1.807, 2.05) is 6.92 Å². The van der Waals surface area contributed by atoms with Crippen LogP contribution in [0.4, 0.5) is 0 Å². The van der Waals surface area contributed by atoms with Crippen molar-refractivity contribution in [1.82, 2.24) is 0 Å². The molecule has 1 aromatic carbocycles. The van der Waals surface area contributed by atoms with E-state index in [2.05, 4.69) is 0 Å². The van der Waals surface area contributed by atoms with E-state index in [0.29, 0.717) is 0 Å². The Bertz CT molecular complexity index is 606. The van der Waals surface area contributed by atoms with Gasteiger partial charge >= 0.3 is 14.2 Å². The molecule has 0 radical (unpaired) electrons. The van der Waals surface area contributed by atoms with Gasteiger partial charge < -0.3 is 24.4 Å². The zero-order valence-electron chi connectivity index (χ0n) is 13.6. The molecule has 138 valence electrons. The summed E-state index contributed by atoms with van der Waals surface area (Å²) in [5.41, 5.74) is 1.17. The normalized spacial score (nSPS) is 30.0. The number of methoxy groups -OCH3 is 1. The summed E-state index contributed by atoms with van der Waals surface area (Å²) in [6.45, 7) is 1.28. The second-order valence-corrected chi connectivity index (χ2v) is 6.18. The minimum Gasteiger partial charge on any atom is -0.453 e. The first-order valence-electron chi connectivity index (χ1n) is 7.45. The van der Waals surface area contributed by atoms with Crippen LogP contribution in [0.25, 0.3) is 0 Å². The molecule has 25 heavy (non-hydrogen) atoms. The third-order valence-electron chi connectivity index (χ3n) is 3.77. The standard InChI is InChI=1S/C15H19O9P/c1-8-3-5-9(6-4-8)14(18)23-12-11(17)10(7-16)22-15(21-2)13(12)24-25(19)20/h3-6,10-13,15-17H,7H2,1-2H3/p+1/t10-,11+,12+,13+,15-/m1/s1. The first-order chi connectivity index (χ1) is 11.9. The van der Waals surface area contributed by atoms with E-state index < -0.39 is 51.5 Å². The number of hydrogen-bond acceptors (Lipinski definition) is 8. The fourth-order valence-electron chi connectivity index (χ4n) is 2.46. The van der Waals surface area contributed by atoms with Crippen molar-refractivity contribution in [3.63, 3.8) is 0 Å². The molecule has 1 fully saturated rings. The summed E-state index contributed by atoms with van der Waals surface area (Å²) in [6.07, 6.45) is -6.55. The summed E-state index contributed by atoms with van der Waals surface area (Å²) in [5, 5.41) is 19.6. The van der Waals surface area contributed by atoms with Gasteiger partial charge in [0.25, 0.3) is 0 Å². The Morgan fingerprint density at radius 3 is 2.44 bits per heavy atom. The maximum atomic E-state index is 12.3. The van der Waals surface area contributed by atoms with Crippen molar-refractivity contribution >= 4 is 14.2 Å². The van der Waals surface area contributed by atoms with Crippen LogP contribution in [0.1, 0.15) is 15.9 Å². The number of benzene rings is 1. The molecule has 0 aromatic heterocycles. The van der Waals surface area contributed by atoms with Gasteiger partial charge in [0.1, 0.15) is 12.2 Å². The summed E-state index contributed by atoms with van der Waals surface area (Å²) in [5.74, 6) is -0.765. The Hall–Kier alpha value is -1.45. The Morgan fingerprint density at radius 1 is 1.28 bits per heavy atom. The van der Waals surface area contributed by atoms with Crippen LogP contribution < -0.4 is 0 Å². The van der Waals surface area contributed by atoms with Gasteiger partial charge in [-0.15, -0.1) is 9.42 Å². The first-order valence-corrected chi connectivity index (χ1v) is 8.58. The predicted molar refractivity (Wildman–Crippen MR) is 83.8 cm³/mol. The van der Waals surface area contributed by atoms with E-state index in [-0.39, 0.29) is 5.56 Å². The lowest BCUT2D eigenvalue weighted by atomic mass is 9.99. The maximum absolute atomic E-state index is 12.3. The Balaban J connectivity index is 2.25. The van der Waals surface area contributed by atoms with E-state index in [4.69, 9.17) is 23.6 Å². The lowest BCUT2D eigenvalue weighted by molar-refractivity contribution is -0.288. The van der Waals surface area contributed by atoms with Gasteiger partial charge in [-0.05, 0) is 19.1 Å². The molecule has 1 aliphatic rings. The minimum atomic E-state index is -3.08. The van der Waals surface area contributed by atoms with Crippen LogP contribution in [0.2, 0.25) is 0 Å². The highest BCUT2D eigenvalue weighted by Crippen LogP contribution is 2.32. The largest absolute Gasteiger partial charge is 0.695 e. The number of carbonyl (C=O) groups is 1. The smallest absolute Gasteiger partial charge is 0.453 e. The highest BCUT2D eigenvalue weighted by atomic mass is 31.1. The lowest BCUT2D eigenvalue weighted by Gasteiger charge is -2.40. The number of hydrogen-bond donors (Lipinski definition) is 3. The molecule has 0 saturated carbocycles. The molecule has 3 N–H and O–H groups in total. The van der Waals surface area contributed by atoms with Crippen molar-refractivity contribution in [2.24, 2.45) is 0 Å². The van der Waals surface area contributed by atoms with Crippen molar-refractivity contribution in [2.75, 3.05) is 13.7 Å². The third-order valence-corrected chi connectivity index (χ3v) is 4.20. The summed E-state index contributed by atoms with van der Waals surface area (Å²) in [4.78, 5) is 21.4. The second kappa shape index (κ2) is 8.77. The lowest BCUT2D eigenvalue weighted by Crippen LogP contribution is -2.60. The summed E-state index contributed by atoms with van der Waals surface area (Å²) in [6, 6.07) is 6.51. The Kier molecular flexibility index (Phi) is 6.97. The molecule has 1 aromatic rings. The molecule has 0 bridgehead atoms. The van der Waals surface area contributed by atoms with Crippen LogP contribution in [0.5, 0.6) is 0 Å². The number of carbonyl (C=O) groups excluding carboxylic acids is 1. The summed E-state index contributed by atoms with van der Waals surface area (Å²) < 4.78 is 31.5. The molecule has 1 unspecified atom stereocenters. The van der Waals surface area contributed by atoms with Gasteiger partial charge in [-0.2, -0.15) is 0 Å². The van der Waals surface area contributed by atoms with Crippen molar-refractivity contribution in [1.29, 1.82) is 0 Å². The fourth-order valence-corrected chi connectivity index (χ4v) is 2.89. The average molecular weight is 375 g/mol. The number of aliphatic hydroxyl groups is 2.